The summed E-state index contributed by atoms with van der Waals surface area (Å²) >= 11 is 0. The van der Waals surface area contributed by atoms with Gasteiger partial charge < -0.3 is 9.47 Å². The lowest BCUT2D eigenvalue weighted by Gasteiger charge is -2.36. The second-order valence-corrected chi connectivity index (χ2v) is 9.76. The Morgan fingerprint density at radius 2 is 2.13 bits per heavy atom. The summed E-state index contributed by atoms with van der Waals surface area (Å²) < 4.78 is 71.9. The first kappa shape index (κ1) is 22.5. The van der Waals surface area contributed by atoms with E-state index in [1.807, 2.05) is 13.8 Å². The van der Waals surface area contributed by atoms with Crippen LogP contribution in [0.3, 0.4) is 0 Å². The van der Waals surface area contributed by atoms with Crippen molar-refractivity contribution < 1.29 is 36.4 Å². The van der Waals surface area contributed by atoms with Gasteiger partial charge >= 0.3 is 7.82 Å². The van der Waals surface area contributed by atoms with Gasteiger partial charge in [-0.05, 0) is 26.7 Å². The van der Waals surface area contributed by atoms with Crippen LogP contribution >= 0.6 is 7.82 Å². The molecule has 1 unspecified atom stereocenters. The summed E-state index contributed by atoms with van der Waals surface area (Å²) in [6, 6.07) is 0. The number of nitrogens with zero attached hydrogens (tertiary/aromatic N) is 4. The Kier molecular flexibility index (Phi) is 5.58. The number of aryl methyl sites for hydroxylation is 1. The second kappa shape index (κ2) is 7.70. The third kappa shape index (κ3) is 3.84. The lowest BCUT2D eigenvalue weighted by molar-refractivity contribution is -0.220. The van der Waals surface area contributed by atoms with Crippen molar-refractivity contribution in [3.8, 4) is 5.88 Å². The predicted octanol–water partition coefficient (Wildman–Crippen LogP) is 3.65. The summed E-state index contributed by atoms with van der Waals surface area (Å²) in [7, 11) is -4.17. The minimum Gasteiger partial charge on any atom is -0.476 e. The van der Waals surface area contributed by atoms with Gasteiger partial charge in [-0.3, -0.25) is 18.1 Å². The van der Waals surface area contributed by atoms with Crippen molar-refractivity contribution in [3.63, 3.8) is 0 Å². The monoisotopic (exact) mass is 462 g/mol. The van der Waals surface area contributed by atoms with Gasteiger partial charge in [-0.25, -0.2) is 23.3 Å². The molecule has 2 saturated heterocycles. The average Bonchev–Trinajstić information content (AvgIpc) is 3.18. The van der Waals surface area contributed by atoms with Crippen LogP contribution < -0.4 is 4.74 Å². The standard InChI is InChI=1S/C18H25F2N4O6P/c1-6-26-14-12-13(22-11(4)23-14)24(9-21-12)16-17(5,19)15-18(20,29-16)8-28-31(25,30-15)27-7-10(2)3/h9-10,15-16H,6-8H2,1-5H3/t15-,16+,17+,18+,31?/m0/s1. The fourth-order valence-corrected chi connectivity index (χ4v) is 5.20. The Hall–Kier alpha value is -1.72. The molecular formula is C18H25F2N4O6P. The van der Waals surface area contributed by atoms with Crippen molar-refractivity contribution in [2.45, 2.75) is 58.5 Å². The van der Waals surface area contributed by atoms with E-state index < -0.39 is 38.3 Å². The highest BCUT2D eigenvalue weighted by Crippen LogP contribution is 2.63. The first-order valence-corrected chi connectivity index (χ1v) is 11.4. The van der Waals surface area contributed by atoms with Crippen LogP contribution in [0.1, 0.15) is 39.7 Å². The molecule has 10 nitrogen and oxygen atoms in total. The van der Waals surface area contributed by atoms with Crippen molar-refractivity contribution in [2.75, 3.05) is 19.8 Å². The van der Waals surface area contributed by atoms with E-state index in [1.54, 1.807) is 13.8 Å². The van der Waals surface area contributed by atoms with Crippen LogP contribution in [0, 0.1) is 12.8 Å². The maximum absolute atomic E-state index is 16.0. The molecule has 0 saturated carbocycles. The number of hydrogen-bond acceptors (Lipinski definition) is 9. The smallest absolute Gasteiger partial charge is 0.475 e. The highest BCUT2D eigenvalue weighted by Gasteiger charge is 2.70. The van der Waals surface area contributed by atoms with Crippen LogP contribution in [0.25, 0.3) is 11.2 Å². The molecule has 31 heavy (non-hydrogen) atoms. The molecule has 0 N–H and O–H groups in total. The lowest BCUT2D eigenvalue weighted by atomic mass is 9.97. The quantitative estimate of drug-likeness (QED) is 0.595. The fourth-order valence-electron chi connectivity index (χ4n) is 3.57. The van der Waals surface area contributed by atoms with E-state index >= 15 is 8.78 Å². The normalized spacial score (nSPS) is 35.6. The minimum absolute atomic E-state index is 0.0131. The van der Waals surface area contributed by atoms with E-state index in [-0.39, 0.29) is 29.6 Å². The highest BCUT2D eigenvalue weighted by molar-refractivity contribution is 7.48. The van der Waals surface area contributed by atoms with Gasteiger partial charge in [-0.1, -0.05) is 13.8 Å². The van der Waals surface area contributed by atoms with E-state index in [0.29, 0.717) is 12.4 Å². The molecular weight excluding hydrogens is 437 g/mol. The molecule has 4 rings (SSSR count). The Bertz CT molecular complexity index is 1030. The topological polar surface area (TPSA) is 107 Å². The first-order valence-electron chi connectivity index (χ1n) is 9.96. The van der Waals surface area contributed by atoms with Crippen molar-refractivity contribution >= 4 is 19.0 Å². The zero-order valence-corrected chi connectivity index (χ0v) is 18.8. The van der Waals surface area contributed by atoms with E-state index in [9.17, 15) is 4.57 Å². The van der Waals surface area contributed by atoms with Crippen LogP contribution in [0.15, 0.2) is 6.33 Å². The zero-order chi connectivity index (χ0) is 22.6. The van der Waals surface area contributed by atoms with Crippen LogP contribution in [0.5, 0.6) is 5.88 Å². The average molecular weight is 462 g/mol. The summed E-state index contributed by atoms with van der Waals surface area (Å²) in [6.07, 6.45) is -2.12. The van der Waals surface area contributed by atoms with E-state index in [4.69, 9.17) is 23.0 Å². The molecule has 4 heterocycles. The molecule has 2 aliphatic rings. The van der Waals surface area contributed by atoms with Gasteiger partial charge in [-0.15, -0.1) is 0 Å². The number of hydrogen-bond donors (Lipinski definition) is 0. The molecule has 13 heteroatoms. The van der Waals surface area contributed by atoms with Crippen LogP contribution in [-0.4, -0.2) is 57.0 Å². The maximum atomic E-state index is 16.0. The van der Waals surface area contributed by atoms with Gasteiger partial charge in [0.05, 0.1) is 19.5 Å². The summed E-state index contributed by atoms with van der Waals surface area (Å²) in [6.45, 7) is 7.75. The molecule has 2 aliphatic heterocycles. The Morgan fingerprint density at radius 1 is 1.39 bits per heavy atom. The molecule has 5 atom stereocenters. The number of phosphoric ester groups is 1. The third-order valence-corrected chi connectivity index (χ3v) is 6.33. The Balaban J connectivity index is 1.70. The summed E-state index contributed by atoms with van der Waals surface area (Å²) in [5, 5.41) is 0. The number of halogens is 2. The Morgan fingerprint density at radius 3 is 2.81 bits per heavy atom. The summed E-state index contributed by atoms with van der Waals surface area (Å²) in [5.41, 5.74) is -1.99. The minimum atomic E-state index is -4.17. The van der Waals surface area contributed by atoms with E-state index in [2.05, 4.69) is 15.0 Å². The number of ether oxygens (including phenoxy) is 2. The van der Waals surface area contributed by atoms with Crippen molar-refractivity contribution in [1.82, 2.24) is 19.5 Å². The van der Waals surface area contributed by atoms with Gasteiger partial charge in [0, 0.05) is 0 Å². The molecule has 2 aromatic heterocycles. The number of aromatic nitrogens is 4. The molecule has 0 bridgehead atoms. The number of alkyl halides is 2. The maximum Gasteiger partial charge on any atom is 0.475 e. The van der Waals surface area contributed by atoms with Crippen molar-refractivity contribution in [1.29, 1.82) is 0 Å². The number of imidazole rings is 1. The SMILES string of the molecule is CCOc1nc(C)nc2c1ncn2[C@@H]1O[C@]2(F)COP(=O)(OCC(C)C)O[C@H]2[C@@]1(C)F. The van der Waals surface area contributed by atoms with Crippen LogP contribution in [0.2, 0.25) is 0 Å². The fraction of sp³-hybridized carbons (Fsp3) is 0.722. The molecule has 2 aromatic rings. The zero-order valence-electron chi connectivity index (χ0n) is 17.9. The molecule has 172 valence electrons. The molecule has 0 amide bonds. The van der Waals surface area contributed by atoms with Gasteiger partial charge in [0.15, 0.2) is 29.2 Å². The Labute approximate surface area is 177 Å². The van der Waals surface area contributed by atoms with Gasteiger partial charge in [0.25, 0.3) is 5.85 Å². The molecule has 0 aliphatic carbocycles. The second-order valence-electron chi connectivity index (χ2n) is 8.14. The van der Waals surface area contributed by atoms with E-state index in [1.165, 1.54) is 10.9 Å². The highest BCUT2D eigenvalue weighted by atomic mass is 31.2. The van der Waals surface area contributed by atoms with Gasteiger partial charge in [-0.2, -0.15) is 4.98 Å². The lowest BCUT2D eigenvalue weighted by Crippen LogP contribution is -2.51. The first-order chi connectivity index (χ1) is 14.5. The van der Waals surface area contributed by atoms with Gasteiger partial charge in [0.2, 0.25) is 5.88 Å². The predicted molar refractivity (Wildman–Crippen MR) is 104 cm³/mol. The number of rotatable bonds is 6. The van der Waals surface area contributed by atoms with Crippen LogP contribution in [-0.2, 0) is 22.9 Å². The third-order valence-electron chi connectivity index (χ3n) is 4.95. The molecule has 2 fully saturated rings. The largest absolute Gasteiger partial charge is 0.476 e. The van der Waals surface area contributed by atoms with E-state index in [0.717, 1.165) is 6.92 Å². The van der Waals surface area contributed by atoms with Gasteiger partial charge in [0.1, 0.15) is 12.4 Å². The number of fused-ring (bicyclic) bond motifs is 2. The summed E-state index contributed by atoms with van der Waals surface area (Å²) in [5.74, 6) is -2.10. The summed E-state index contributed by atoms with van der Waals surface area (Å²) in [4.78, 5) is 12.7. The molecule has 0 spiro atoms. The van der Waals surface area contributed by atoms with Crippen LogP contribution in [0.4, 0.5) is 8.78 Å². The van der Waals surface area contributed by atoms with Crippen molar-refractivity contribution in [2.24, 2.45) is 5.92 Å². The number of phosphoric acid groups is 1. The molecule has 0 radical (unpaired) electrons. The van der Waals surface area contributed by atoms with Crippen molar-refractivity contribution in [3.05, 3.63) is 12.2 Å². The molecule has 0 aromatic carbocycles.